The summed E-state index contributed by atoms with van der Waals surface area (Å²) >= 11 is 0. The molecule has 0 radical (unpaired) electrons. The van der Waals surface area contributed by atoms with Gasteiger partial charge in [-0.25, -0.2) is 0 Å². The number of carbonyl (C=O) groups is 2. The molecule has 0 fully saturated rings. The Morgan fingerprint density at radius 1 is 0.724 bits per heavy atom. The lowest BCUT2D eigenvalue weighted by atomic mass is 9.95. The van der Waals surface area contributed by atoms with E-state index in [-0.39, 0.29) is 55.9 Å². The molecule has 0 amide bonds. The molecule has 0 spiro atoms. The lowest BCUT2D eigenvalue weighted by Crippen LogP contribution is -2.05. The van der Waals surface area contributed by atoms with Crippen LogP contribution in [0.2, 0.25) is 0 Å². The summed E-state index contributed by atoms with van der Waals surface area (Å²) in [7, 11) is 0. The van der Waals surface area contributed by atoms with E-state index in [2.05, 4.69) is 0 Å². The molecule has 0 atom stereocenters. The van der Waals surface area contributed by atoms with Gasteiger partial charge in [-0.15, -0.1) is 0 Å². The fraction of sp³-hybridized carbons (Fsp3) is 0.391. The predicted molar refractivity (Wildman–Crippen MR) is 109 cm³/mol. The van der Waals surface area contributed by atoms with Gasteiger partial charge in [0.1, 0.15) is 24.7 Å². The number of phenols is 2. The molecule has 0 saturated carbocycles. The quantitative estimate of drug-likeness (QED) is 0.645. The maximum Gasteiger partial charge on any atom is 0.305 e. The summed E-state index contributed by atoms with van der Waals surface area (Å²) in [5.41, 5.74) is 4.08. The summed E-state index contributed by atoms with van der Waals surface area (Å²) in [5.74, 6) is -0.594. The van der Waals surface area contributed by atoms with E-state index in [0.29, 0.717) is 22.3 Å². The number of hydrogen-bond acceptors (Lipinski definition) is 6. The number of phenolic OH excluding ortho intramolecular Hbond substituents is 2. The van der Waals surface area contributed by atoms with E-state index in [1.807, 2.05) is 26.0 Å². The van der Waals surface area contributed by atoms with Gasteiger partial charge in [0.05, 0.1) is 0 Å². The average Bonchev–Trinajstić information content (AvgIpc) is 2.69. The van der Waals surface area contributed by atoms with Gasteiger partial charge in [-0.2, -0.15) is 0 Å². The molecule has 6 nitrogen and oxygen atoms in total. The van der Waals surface area contributed by atoms with Crippen LogP contribution in [0.25, 0.3) is 0 Å². The standard InChI is InChI=1S/C23H28O6/c1-5-20(24)28-12-18-9-14(3)7-16(22(18)26)11-17-8-15(4)10-19(23(17)27)13-29-21(25)6-2/h7-10,26-27H,5-6,11-13H2,1-4H3. The van der Waals surface area contributed by atoms with Crippen LogP contribution >= 0.6 is 0 Å². The number of esters is 2. The molecule has 0 heterocycles. The van der Waals surface area contributed by atoms with Crippen molar-refractivity contribution in [3.8, 4) is 11.5 Å². The topological polar surface area (TPSA) is 93.1 Å². The van der Waals surface area contributed by atoms with Gasteiger partial charge in [0.2, 0.25) is 0 Å². The minimum absolute atomic E-state index is 0.00872. The van der Waals surface area contributed by atoms with Crippen LogP contribution in [0.4, 0.5) is 0 Å². The number of benzene rings is 2. The fourth-order valence-corrected chi connectivity index (χ4v) is 3.08. The zero-order valence-electron chi connectivity index (χ0n) is 17.4. The molecule has 2 aromatic rings. The van der Waals surface area contributed by atoms with E-state index in [0.717, 1.165) is 11.1 Å². The number of aromatic hydroxyl groups is 2. The molecule has 0 aliphatic heterocycles. The second-order valence-electron chi connectivity index (χ2n) is 7.07. The normalized spacial score (nSPS) is 10.6. The van der Waals surface area contributed by atoms with Gasteiger partial charge in [-0.1, -0.05) is 37.1 Å². The Labute approximate surface area is 171 Å². The van der Waals surface area contributed by atoms with Crippen LogP contribution in [0.5, 0.6) is 11.5 Å². The van der Waals surface area contributed by atoms with Gasteiger partial charge in [-0.05, 0) is 37.1 Å². The molecule has 0 aliphatic carbocycles. The largest absolute Gasteiger partial charge is 0.507 e. The molecular weight excluding hydrogens is 372 g/mol. The van der Waals surface area contributed by atoms with Gasteiger partial charge < -0.3 is 19.7 Å². The van der Waals surface area contributed by atoms with Crippen LogP contribution in [0.15, 0.2) is 24.3 Å². The number of aryl methyl sites for hydroxylation is 2. The summed E-state index contributed by atoms with van der Waals surface area (Å²) in [5, 5.41) is 21.3. The van der Waals surface area contributed by atoms with Crippen LogP contribution in [0.3, 0.4) is 0 Å². The Kier molecular flexibility index (Phi) is 7.65. The van der Waals surface area contributed by atoms with E-state index in [4.69, 9.17) is 9.47 Å². The number of ether oxygens (including phenoxy) is 2. The maximum absolute atomic E-state index is 11.4. The monoisotopic (exact) mass is 400 g/mol. The van der Waals surface area contributed by atoms with E-state index in [9.17, 15) is 19.8 Å². The van der Waals surface area contributed by atoms with Crippen LogP contribution in [0, 0.1) is 13.8 Å². The molecule has 0 aromatic heterocycles. The van der Waals surface area contributed by atoms with Gasteiger partial charge in [-0.3, -0.25) is 9.59 Å². The van der Waals surface area contributed by atoms with Crippen LogP contribution in [-0.4, -0.2) is 22.2 Å². The lowest BCUT2D eigenvalue weighted by molar-refractivity contribution is -0.145. The summed E-state index contributed by atoms with van der Waals surface area (Å²) in [4.78, 5) is 22.9. The zero-order valence-corrected chi connectivity index (χ0v) is 17.4. The third-order valence-electron chi connectivity index (χ3n) is 4.56. The third kappa shape index (κ3) is 5.98. The predicted octanol–water partition coefficient (Wildman–Crippen LogP) is 4.21. The Morgan fingerprint density at radius 3 is 1.41 bits per heavy atom. The summed E-state index contributed by atoms with van der Waals surface area (Å²) < 4.78 is 10.3. The van der Waals surface area contributed by atoms with E-state index < -0.39 is 0 Å². The Morgan fingerprint density at radius 2 is 1.07 bits per heavy atom. The second-order valence-corrected chi connectivity index (χ2v) is 7.07. The summed E-state index contributed by atoms with van der Waals surface area (Å²) in [6.45, 7) is 7.18. The fourth-order valence-electron chi connectivity index (χ4n) is 3.08. The first-order valence-electron chi connectivity index (χ1n) is 9.69. The van der Waals surface area contributed by atoms with Crippen LogP contribution in [-0.2, 0) is 38.7 Å². The number of rotatable bonds is 8. The molecule has 6 heteroatoms. The van der Waals surface area contributed by atoms with Crippen molar-refractivity contribution >= 4 is 11.9 Å². The molecule has 156 valence electrons. The van der Waals surface area contributed by atoms with Crippen LogP contribution < -0.4 is 0 Å². The molecular formula is C23H28O6. The van der Waals surface area contributed by atoms with Crippen molar-refractivity contribution in [2.45, 2.75) is 60.2 Å². The Balaban J connectivity index is 2.31. The van der Waals surface area contributed by atoms with E-state index in [1.54, 1.807) is 26.0 Å². The summed E-state index contributed by atoms with van der Waals surface area (Å²) in [6, 6.07) is 7.21. The molecule has 0 aliphatic rings. The van der Waals surface area contributed by atoms with Crippen LogP contribution in [0.1, 0.15) is 60.1 Å². The third-order valence-corrected chi connectivity index (χ3v) is 4.56. The molecule has 0 unspecified atom stereocenters. The molecule has 0 saturated heterocycles. The van der Waals surface area contributed by atoms with E-state index in [1.165, 1.54) is 0 Å². The molecule has 29 heavy (non-hydrogen) atoms. The Hall–Kier alpha value is -3.02. The van der Waals surface area contributed by atoms with Crippen molar-refractivity contribution < 1.29 is 29.3 Å². The molecule has 2 rings (SSSR count). The van der Waals surface area contributed by atoms with Gasteiger partial charge in [0.15, 0.2) is 0 Å². The van der Waals surface area contributed by atoms with Crippen molar-refractivity contribution in [2.75, 3.05) is 0 Å². The molecule has 0 bridgehead atoms. The SMILES string of the molecule is CCC(=O)OCc1cc(C)cc(Cc2cc(C)cc(COC(=O)CC)c2O)c1O. The minimum Gasteiger partial charge on any atom is -0.507 e. The molecule has 2 aromatic carbocycles. The zero-order chi connectivity index (χ0) is 21.6. The van der Waals surface area contributed by atoms with Crippen molar-refractivity contribution in [3.63, 3.8) is 0 Å². The molecule has 2 N–H and O–H groups in total. The number of carbonyl (C=O) groups excluding carboxylic acids is 2. The van der Waals surface area contributed by atoms with Gasteiger partial charge >= 0.3 is 11.9 Å². The highest BCUT2D eigenvalue weighted by Crippen LogP contribution is 2.32. The highest BCUT2D eigenvalue weighted by molar-refractivity contribution is 5.69. The first kappa shape index (κ1) is 22.3. The first-order chi connectivity index (χ1) is 13.7. The van der Waals surface area contributed by atoms with Crippen molar-refractivity contribution in [2.24, 2.45) is 0 Å². The second kappa shape index (κ2) is 9.96. The maximum atomic E-state index is 11.4. The highest BCUT2D eigenvalue weighted by atomic mass is 16.5. The first-order valence-corrected chi connectivity index (χ1v) is 9.69. The average molecular weight is 400 g/mol. The van der Waals surface area contributed by atoms with Gasteiger partial charge in [0, 0.05) is 30.4 Å². The highest BCUT2D eigenvalue weighted by Gasteiger charge is 2.16. The number of hydrogen-bond donors (Lipinski definition) is 2. The Bertz CT molecular complexity index is 827. The lowest BCUT2D eigenvalue weighted by Gasteiger charge is -2.15. The minimum atomic E-state index is -0.338. The van der Waals surface area contributed by atoms with Crippen molar-refractivity contribution in [3.05, 3.63) is 57.6 Å². The smallest absolute Gasteiger partial charge is 0.305 e. The van der Waals surface area contributed by atoms with Gasteiger partial charge in [0.25, 0.3) is 0 Å². The van der Waals surface area contributed by atoms with Crippen molar-refractivity contribution in [1.29, 1.82) is 0 Å². The van der Waals surface area contributed by atoms with E-state index >= 15 is 0 Å². The van der Waals surface area contributed by atoms with Crippen molar-refractivity contribution in [1.82, 2.24) is 0 Å². The summed E-state index contributed by atoms with van der Waals surface area (Å²) in [6.07, 6.45) is 0.814.